The molecule has 2 aromatic carbocycles. The summed E-state index contributed by atoms with van der Waals surface area (Å²) in [5.41, 5.74) is 2.74. The Labute approximate surface area is 204 Å². The Hall–Kier alpha value is -3.26. The van der Waals surface area contributed by atoms with Crippen molar-refractivity contribution in [3.8, 4) is 0 Å². The molecule has 2 unspecified atom stereocenters. The first kappa shape index (κ1) is 27.0. The number of rotatable bonds is 10. The zero-order valence-electron chi connectivity index (χ0n) is 19.4. The minimum atomic E-state index is -1.51. The number of carbonyl (C=O) groups is 2. The summed E-state index contributed by atoms with van der Waals surface area (Å²) in [7, 11) is 0. The van der Waals surface area contributed by atoms with Crippen molar-refractivity contribution >= 4 is 23.3 Å². The van der Waals surface area contributed by atoms with E-state index in [2.05, 4.69) is 43.4 Å². The lowest BCUT2D eigenvalue weighted by molar-refractivity contribution is -0.687. The first-order valence-corrected chi connectivity index (χ1v) is 11.9. The topological polar surface area (TPSA) is 114 Å². The summed E-state index contributed by atoms with van der Waals surface area (Å²) in [5, 5.41) is 33.1. The molecule has 0 saturated heterocycles. The first-order valence-electron chi connectivity index (χ1n) is 11.0. The second-order valence-electron chi connectivity index (χ2n) is 8.14. The predicted octanol–water partition coefficient (Wildman–Crippen LogP) is 2.25. The van der Waals surface area contributed by atoms with Gasteiger partial charge in [0.2, 0.25) is 0 Å². The second kappa shape index (κ2) is 13.4. The van der Waals surface area contributed by atoms with Gasteiger partial charge >= 0.3 is 5.97 Å². The first-order chi connectivity index (χ1) is 16.2. The largest absolute Gasteiger partial charge is 0.545 e. The Morgan fingerprint density at radius 1 is 1.06 bits per heavy atom. The van der Waals surface area contributed by atoms with E-state index in [4.69, 9.17) is 5.11 Å². The standard InChI is InChI=1S/C23H27NOS.C4H4O4/c1-18-10-12-20(13-11-18)17-19(2)24-15-14-23(25,22-9-6-16-26-22)21-7-4-3-5-8-21;5-3(6)1-2-4(7)8/h3-13,16,19,24-25H,14-15,17H2,1-2H3;1-2H,(H,5,6)(H,7,8)/b;2-1+. The van der Waals surface area contributed by atoms with E-state index >= 15 is 0 Å². The van der Waals surface area contributed by atoms with Crippen molar-refractivity contribution in [2.24, 2.45) is 0 Å². The number of benzene rings is 2. The van der Waals surface area contributed by atoms with Gasteiger partial charge in [-0.1, -0.05) is 66.2 Å². The van der Waals surface area contributed by atoms with Gasteiger partial charge in [-0.3, -0.25) is 0 Å². The highest BCUT2D eigenvalue weighted by Gasteiger charge is 2.33. The maximum Gasteiger partial charge on any atom is 0.328 e. The summed E-state index contributed by atoms with van der Waals surface area (Å²) >= 11 is 1.62. The number of carbonyl (C=O) groups excluding carboxylic acids is 1. The van der Waals surface area contributed by atoms with Gasteiger partial charge in [0.15, 0.2) is 0 Å². The number of aryl methyl sites for hydroxylation is 1. The van der Waals surface area contributed by atoms with Crippen LogP contribution in [0, 0.1) is 6.92 Å². The zero-order valence-corrected chi connectivity index (χ0v) is 20.2. The van der Waals surface area contributed by atoms with Crippen molar-refractivity contribution in [3.05, 3.63) is 106 Å². The zero-order chi connectivity index (χ0) is 25.0. The average Bonchev–Trinajstić information content (AvgIpc) is 3.36. The van der Waals surface area contributed by atoms with Crippen LogP contribution in [0.1, 0.15) is 34.9 Å². The molecule has 1 aromatic heterocycles. The SMILES string of the molecule is Cc1ccc(CC(C)[NH2+]CCC(O)(c2ccccc2)c2cccs2)cc1.O=C([O-])/C=C/C(=O)O. The third-order valence-electron chi connectivity index (χ3n) is 5.30. The van der Waals surface area contributed by atoms with Crippen LogP contribution in [0.15, 0.2) is 84.3 Å². The molecule has 2 atom stereocenters. The van der Waals surface area contributed by atoms with Gasteiger partial charge in [-0.25, -0.2) is 4.79 Å². The van der Waals surface area contributed by atoms with Gasteiger partial charge in [-0.15, -0.1) is 11.3 Å². The van der Waals surface area contributed by atoms with Gasteiger partial charge in [-0.05, 0) is 42.5 Å². The van der Waals surface area contributed by atoms with Gasteiger partial charge in [0.05, 0.1) is 18.6 Å². The van der Waals surface area contributed by atoms with Crippen LogP contribution >= 0.6 is 11.3 Å². The fraction of sp³-hybridized carbons (Fsp3) is 0.259. The van der Waals surface area contributed by atoms with Crippen LogP contribution in [0.2, 0.25) is 0 Å². The van der Waals surface area contributed by atoms with Crippen LogP contribution < -0.4 is 10.4 Å². The number of quaternary nitrogens is 1. The molecule has 0 saturated carbocycles. The summed E-state index contributed by atoms with van der Waals surface area (Å²) in [5.74, 6) is -2.80. The molecule has 34 heavy (non-hydrogen) atoms. The fourth-order valence-electron chi connectivity index (χ4n) is 3.53. The van der Waals surface area contributed by atoms with Gasteiger partial charge < -0.3 is 25.4 Å². The van der Waals surface area contributed by atoms with E-state index in [1.807, 2.05) is 47.8 Å². The molecule has 0 aliphatic carbocycles. The van der Waals surface area contributed by atoms with E-state index < -0.39 is 17.5 Å². The van der Waals surface area contributed by atoms with Crippen LogP contribution in [0.25, 0.3) is 0 Å². The summed E-state index contributed by atoms with van der Waals surface area (Å²) in [6.07, 6.45) is 2.69. The van der Waals surface area contributed by atoms with Crippen molar-refractivity contribution in [2.45, 2.75) is 38.3 Å². The molecule has 180 valence electrons. The number of thiophene rings is 1. The number of nitrogens with two attached hydrogens (primary N) is 1. The number of carboxylic acids is 2. The summed E-state index contributed by atoms with van der Waals surface area (Å²) in [6, 6.07) is 23.3. The number of carboxylic acid groups (broad SMARTS) is 2. The Balaban J connectivity index is 0.000000440. The quantitative estimate of drug-likeness (QED) is 0.384. The van der Waals surface area contributed by atoms with Crippen LogP contribution in [-0.2, 0) is 21.6 Å². The van der Waals surface area contributed by atoms with Gasteiger partial charge in [-0.2, -0.15) is 0 Å². The molecular formula is C27H31NO5S. The van der Waals surface area contributed by atoms with Crippen molar-refractivity contribution in [3.63, 3.8) is 0 Å². The molecule has 0 radical (unpaired) electrons. The third kappa shape index (κ3) is 8.94. The molecule has 0 aliphatic heterocycles. The van der Waals surface area contributed by atoms with Crippen molar-refractivity contribution in [1.82, 2.24) is 0 Å². The highest BCUT2D eigenvalue weighted by molar-refractivity contribution is 7.10. The monoisotopic (exact) mass is 481 g/mol. The molecule has 3 rings (SSSR count). The van der Waals surface area contributed by atoms with Gasteiger partial charge in [0.25, 0.3) is 0 Å². The molecule has 0 aliphatic rings. The molecule has 7 heteroatoms. The number of aliphatic carboxylic acids is 2. The van der Waals surface area contributed by atoms with Gasteiger partial charge in [0.1, 0.15) is 5.60 Å². The van der Waals surface area contributed by atoms with E-state index in [1.54, 1.807) is 11.3 Å². The molecule has 0 bridgehead atoms. The van der Waals surface area contributed by atoms with E-state index in [0.29, 0.717) is 24.6 Å². The Bertz CT molecular complexity index is 1030. The van der Waals surface area contributed by atoms with E-state index in [-0.39, 0.29) is 0 Å². The van der Waals surface area contributed by atoms with Crippen LogP contribution in [-0.4, -0.2) is 34.7 Å². The molecule has 6 nitrogen and oxygen atoms in total. The van der Waals surface area contributed by atoms with Crippen LogP contribution in [0.3, 0.4) is 0 Å². The minimum Gasteiger partial charge on any atom is -0.545 e. The van der Waals surface area contributed by atoms with Gasteiger partial charge in [0, 0.05) is 23.8 Å². The molecule has 4 N–H and O–H groups in total. The van der Waals surface area contributed by atoms with E-state index in [9.17, 15) is 19.8 Å². The Kier molecular flexibility index (Phi) is 10.7. The van der Waals surface area contributed by atoms with Crippen LogP contribution in [0.5, 0.6) is 0 Å². The lowest BCUT2D eigenvalue weighted by Gasteiger charge is -2.27. The molecule has 0 fully saturated rings. The number of hydrogen-bond acceptors (Lipinski definition) is 5. The minimum absolute atomic E-state index is 0.447. The van der Waals surface area contributed by atoms with Crippen LogP contribution in [0.4, 0.5) is 0 Å². The highest BCUT2D eigenvalue weighted by Crippen LogP contribution is 2.35. The summed E-state index contributed by atoms with van der Waals surface area (Å²) < 4.78 is 0. The highest BCUT2D eigenvalue weighted by atomic mass is 32.1. The van der Waals surface area contributed by atoms with E-state index in [1.165, 1.54) is 11.1 Å². The summed E-state index contributed by atoms with van der Waals surface area (Å²) in [4.78, 5) is 20.0. The average molecular weight is 482 g/mol. The predicted molar refractivity (Wildman–Crippen MR) is 131 cm³/mol. The second-order valence-corrected chi connectivity index (χ2v) is 9.08. The molecule has 3 aromatic rings. The maximum atomic E-state index is 11.5. The normalized spacial score (nSPS) is 13.5. The Morgan fingerprint density at radius 2 is 1.74 bits per heavy atom. The molecular weight excluding hydrogens is 450 g/mol. The number of hydrogen-bond donors (Lipinski definition) is 3. The molecule has 0 amide bonds. The summed E-state index contributed by atoms with van der Waals surface area (Å²) in [6.45, 7) is 5.26. The fourth-order valence-corrected chi connectivity index (χ4v) is 4.41. The lowest BCUT2D eigenvalue weighted by atomic mass is 9.88. The van der Waals surface area contributed by atoms with Crippen molar-refractivity contribution in [1.29, 1.82) is 0 Å². The Morgan fingerprint density at radius 3 is 2.26 bits per heavy atom. The van der Waals surface area contributed by atoms with Crippen molar-refractivity contribution in [2.75, 3.05) is 6.54 Å². The molecule has 0 spiro atoms. The lowest BCUT2D eigenvalue weighted by Crippen LogP contribution is -2.90. The third-order valence-corrected chi connectivity index (χ3v) is 6.32. The smallest absolute Gasteiger partial charge is 0.328 e. The van der Waals surface area contributed by atoms with E-state index in [0.717, 1.165) is 23.4 Å². The maximum absolute atomic E-state index is 11.5. The molecule has 1 heterocycles. The number of aliphatic hydroxyl groups is 1. The van der Waals surface area contributed by atoms with Crippen molar-refractivity contribution < 1.29 is 30.2 Å².